The summed E-state index contributed by atoms with van der Waals surface area (Å²) in [6, 6.07) is 15.2. The molecule has 0 aromatic heterocycles. The molecule has 0 radical (unpaired) electrons. The van der Waals surface area contributed by atoms with Crippen molar-refractivity contribution < 1.29 is 4.39 Å². The molecular weight excluding hydrogens is 287 g/mol. The molecular formula is C17H20ClFN2. The fraction of sp³-hybridized carbons (Fsp3) is 0.294. The largest absolute Gasteiger partial charge is 0.311 e. The summed E-state index contributed by atoms with van der Waals surface area (Å²) in [6.45, 7) is 1.37. The van der Waals surface area contributed by atoms with E-state index < -0.39 is 0 Å². The highest BCUT2D eigenvalue weighted by atomic mass is 35.5. The van der Waals surface area contributed by atoms with Crippen LogP contribution >= 0.6 is 11.6 Å². The van der Waals surface area contributed by atoms with Crippen molar-refractivity contribution in [1.29, 1.82) is 0 Å². The van der Waals surface area contributed by atoms with Crippen LogP contribution in [0.25, 0.3) is 0 Å². The second-order valence-electron chi connectivity index (χ2n) is 5.30. The maximum atomic E-state index is 13.3. The third kappa shape index (κ3) is 4.81. The number of hydrogen-bond donors (Lipinski definition) is 1. The minimum atomic E-state index is -0.300. The van der Waals surface area contributed by atoms with E-state index in [2.05, 4.69) is 36.4 Å². The number of nitrogens with one attached hydrogen (secondary N) is 1. The first kappa shape index (κ1) is 16.0. The van der Waals surface area contributed by atoms with Crippen molar-refractivity contribution in [3.63, 3.8) is 0 Å². The van der Waals surface area contributed by atoms with Crippen molar-refractivity contribution in [2.75, 3.05) is 20.6 Å². The van der Waals surface area contributed by atoms with Crippen molar-refractivity contribution >= 4 is 11.6 Å². The Hall–Kier alpha value is -1.42. The molecule has 0 saturated heterocycles. The minimum absolute atomic E-state index is 0.273. The van der Waals surface area contributed by atoms with Gasteiger partial charge in [0, 0.05) is 24.2 Å². The van der Waals surface area contributed by atoms with E-state index in [1.54, 1.807) is 6.07 Å². The maximum absolute atomic E-state index is 13.3. The molecule has 0 fully saturated rings. The standard InChI is InChI=1S/C17H20ClFN2/c1-21(2)17(14-6-4-3-5-7-14)12-20-11-13-8-15(18)10-16(19)9-13/h3-10,17,20H,11-12H2,1-2H3. The summed E-state index contributed by atoms with van der Waals surface area (Å²) < 4.78 is 13.3. The Labute approximate surface area is 130 Å². The van der Waals surface area contributed by atoms with Crippen LogP contribution in [0.5, 0.6) is 0 Å². The van der Waals surface area contributed by atoms with Crippen molar-refractivity contribution in [3.8, 4) is 0 Å². The SMILES string of the molecule is CN(C)C(CNCc1cc(F)cc(Cl)c1)c1ccccc1. The van der Waals surface area contributed by atoms with Crippen LogP contribution in [0.1, 0.15) is 17.2 Å². The van der Waals surface area contributed by atoms with Crippen LogP contribution in [0.4, 0.5) is 4.39 Å². The first-order valence-corrected chi connectivity index (χ1v) is 7.31. The van der Waals surface area contributed by atoms with E-state index in [0.29, 0.717) is 11.6 Å². The van der Waals surface area contributed by atoms with Gasteiger partial charge >= 0.3 is 0 Å². The molecule has 0 spiro atoms. The highest BCUT2D eigenvalue weighted by Gasteiger charge is 2.13. The maximum Gasteiger partial charge on any atom is 0.125 e. The number of halogens is 2. The summed E-state index contributed by atoms with van der Waals surface area (Å²) in [5.41, 5.74) is 2.11. The summed E-state index contributed by atoms with van der Waals surface area (Å²) in [6.07, 6.45) is 0. The molecule has 2 nitrogen and oxygen atoms in total. The van der Waals surface area contributed by atoms with E-state index in [-0.39, 0.29) is 11.9 Å². The van der Waals surface area contributed by atoms with Gasteiger partial charge in [0.2, 0.25) is 0 Å². The van der Waals surface area contributed by atoms with Gasteiger partial charge in [0.25, 0.3) is 0 Å². The zero-order chi connectivity index (χ0) is 15.2. The van der Waals surface area contributed by atoms with Gasteiger partial charge in [-0.2, -0.15) is 0 Å². The molecule has 0 aliphatic heterocycles. The lowest BCUT2D eigenvalue weighted by Crippen LogP contribution is -2.30. The minimum Gasteiger partial charge on any atom is -0.311 e. The smallest absolute Gasteiger partial charge is 0.125 e. The van der Waals surface area contributed by atoms with Crippen molar-refractivity contribution in [1.82, 2.24) is 10.2 Å². The van der Waals surface area contributed by atoms with Crippen LogP contribution in [0.3, 0.4) is 0 Å². The monoisotopic (exact) mass is 306 g/mol. The summed E-state index contributed by atoms with van der Waals surface area (Å²) in [7, 11) is 4.11. The van der Waals surface area contributed by atoms with Gasteiger partial charge in [-0.3, -0.25) is 0 Å². The highest BCUT2D eigenvalue weighted by molar-refractivity contribution is 6.30. The van der Waals surface area contributed by atoms with Crippen LogP contribution in [0.2, 0.25) is 5.02 Å². The molecule has 0 aliphatic rings. The predicted molar refractivity (Wildman–Crippen MR) is 86.0 cm³/mol. The van der Waals surface area contributed by atoms with Gasteiger partial charge in [-0.05, 0) is 43.4 Å². The lowest BCUT2D eigenvalue weighted by Gasteiger charge is -2.25. The van der Waals surface area contributed by atoms with Crippen LogP contribution in [0, 0.1) is 5.82 Å². The van der Waals surface area contributed by atoms with E-state index >= 15 is 0 Å². The van der Waals surface area contributed by atoms with Crippen LogP contribution in [-0.4, -0.2) is 25.5 Å². The van der Waals surface area contributed by atoms with Gasteiger partial charge in [0.05, 0.1) is 0 Å². The van der Waals surface area contributed by atoms with E-state index in [9.17, 15) is 4.39 Å². The van der Waals surface area contributed by atoms with Gasteiger partial charge in [-0.1, -0.05) is 41.9 Å². The molecule has 0 aliphatic carbocycles. The Bertz CT molecular complexity index is 552. The summed E-state index contributed by atoms with van der Waals surface area (Å²) in [5.74, 6) is -0.300. The van der Waals surface area contributed by atoms with Gasteiger partial charge in [-0.15, -0.1) is 0 Å². The summed E-state index contributed by atoms with van der Waals surface area (Å²) in [4.78, 5) is 2.17. The topological polar surface area (TPSA) is 15.3 Å². The summed E-state index contributed by atoms with van der Waals surface area (Å²) >= 11 is 5.86. The highest BCUT2D eigenvalue weighted by Crippen LogP contribution is 2.18. The molecule has 4 heteroatoms. The fourth-order valence-corrected chi connectivity index (χ4v) is 2.58. The zero-order valence-electron chi connectivity index (χ0n) is 12.3. The molecule has 0 amide bonds. The average molecular weight is 307 g/mol. The van der Waals surface area contributed by atoms with Crippen molar-refractivity contribution in [3.05, 3.63) is 70.5 Å². The summed E-state index contributed by atoms with van der Waals surface area (Å²) in [5, 5.41) is 3.80. The van der Waals surface area contributed by atoms with Gasteiger partial charge in [0.15, 0.2) is 0 Å². The zero-order valence-corrected chi connectivity index (χ0v) is 13.1. The van der Waals surface area contributed by atoms with E-state index in [1.165, 1.54) is 17.7 Å². The Morgan fingerprint density at radius 3 is 2.48 bits per heavy atom. The molecule has 2 rings (SSSR count). The molecule has 1 atom stereocenters. The second-order valence-corrected chi connectivity index (χ2v) is 5.74. The number of hydrogen-bond acceptors (Lipinski definition) is 2. The lowest BCUT2D eigenvalue weighted by atomic mass is 10.1. The Kier molecular flexibility index (Phi) is 5.74. The van der Waals surface area contributed by atoms with Gasteiger partial charge in [-0.25, -0.2) is 4.39 Å². The first-order valence-electron chi connectivity index (χ1n) is 6.93. The molecule has 21 heavy (non-hydrogen) atoms. The van der Waals surface area contributed by atoms with Gasteiger partial charge < -0.3 is 10.2 Å². The first-order chi connectivity index (χ1) is 10.1. The number of nitrogens with zero attached hydrogens (tertiary/aromatic N) is 1. The molecule has 0 heterocycles. The molecule has 0 bridgehead atoms. The fourth-order valence-electron chi connectivity index (χ4n) is 2.34. The van der Waals surface area contributed by atoms with Gasteiger partial charge in [0.1, 0.15) is 5.82 Å². The Morgan fingerprint density at radius 2 is 1.86 bits per heavy atom. The molecule has 2 aromatic rings. The average Bonchev–Trinajstić information content (AvgIpc) is 2.43. The van der Waals surface area contributed by atoms with E-state index in [1.807, 2.05) is 18.2 Å². The van der Waals surface area contributed by atoms with Crippen molar-refractivity contribution in [2.24, 2.45) is 0 Å². The number of likely N-dealkylation sites (N-methyl/N-ethyl adjacent to an activating group) is 1. The van der Waals surface area contributed by atoms with Crippen LogP contribution in [-0.2, 0) is 6.54 Å². The van der Waals surface area contributed by atoms with E-state index in [0.717, 1.165) is 12.1 Å². The lowest BCUT2D eigenvalue weighted by molar-refractivity contribution is 0.288. The second kappa shape index (κ2) is 7.55. The van der Waals surface area contributed by atoms with Crippen molar-refractivity contribution in [2.45, 2.75) is 12.6 Å². The number of rotatable bonds is 6. The molecule has 0 saturated carbocycles. The Morgan fingerprint density at radius 1 is 1.14 bits per heavy atom. The molecule has 1 unspecified atom stereocenters. The van der Waals surface area contributed by atoms with E-state index in [4.69, 9.17) is 11.6 Å². The Balaban J connectivity index is 1.97. The normalized spacial score (nSPS) is 12.6. The van der Waals surface area contributed by atoms with Crippen LogP contribution in [0.15, 0.2) is 48.5 Å². The molecule has 1 N–H and O–H groups in total. The molecule has 2 aromatic carbocycles. The third-order valence-electron chi connectivity index (χ3n) is 3.40. The predicted octanol–water partition coefficient (Wildman–Crippen LogP) is 3.87. The number of benzene rings is 2. The molecule has 112 valence electrons. The van der Waals surface area contributed by atoms with Crippen LogP contribution < -0.4 is 5.32 Å². The third-order valence-corrected chi connectivity index (χ3v) is 3.62. The quantitative estimate of drug-likeness (QED) is 0.871.